The normalized spacial score (nSPS) is 10.8. The maximum Gasteiger partial charge on any atom is 0.343 e. The average Bonchev–Trinajstić information content (AvgIpc) is 2.67. The van der Waals surface area contributed by atoms with Crippen molar-refractivity contribution in [2.45, 2.75) is 6.92 Å². The second kappa shape index (κ2) is 8.71. The summed E-state index contributed by atoms with van der Waals surface area (Å²) < 4.78 is 20.5. The first kappa shape index (κ1) is 19.1. The molecule has 136 valence electrons. The summed E-state index contributed by atoms with van der Waals surface area (Å²) in [6.07, 6.45) is 1.25. The zero-order chi connectivity index (χ0) is 19.1. The summed E-state index contributed by atoms with van der Waals surface area (Å²) >= 11 is 0. The summed E-state index contributed by atoms with van der Waals surface area (Å²) in [5.74, 6) is 0.913. The topological polar surface area (TPSA) is 71.1 Å². The molecular formula is C20H20O6. The molecule has 0 N–H and O–H groups in total. The third kappa shape index (κ3) is 4.86. The highest BCUT2D eigenvalue weighted by Gasteiger charge is 2.12. The molecule has 0 saturated heterocycles. The maximum absolute atomic E-state index is 12.4. The van der Waals surface area contributed by atoms with Gasteiger partial charge in [0.1, 0.15) is 23.0 Å². The van der Waals surface area contributed by atoms with Crippen LogP contribution in [0.4, 0.5) is 0 Å². The van der Waals surface area contributed by atoms with Gasteiger partial charge in [0.2, 0.25) is 0 Å². The van der Waals surface area contributed by atoms with Crippen molar-refractivity contribution >= 4 is 11.8 Å². The molecule has 6 nitrogen and oxygen atoms in total. The molecule has 26 heavy (non-hydrogen) atoms. The van der Waals surface area contributed by atoms with Crippen molar-refractivity contribution in [1.82, 2.24) is 0 Å². The Hall–Kier alpha value is -3.28. The van der Waals surface area contributed by atoms with Crippen LogP contribution in [-0.4, -0.2) is 33.1 Å². The molecule has 0 unspecified atom stereocenters. The number of carbonyl (C=O) groups excluding carboxylic acids is 2. The van der Waals surface area contributed by atoms with Crippen molar-refractivity contribution in [3.63, 3.8) is 0 Å². The van der Waals surface area contributed by atoms with Gasteiger partial charge in [0.05, 0.1) is 26.9 Å². The van der Waals surface area contributed by atoms with Crippen molar-refractivity contribution in [3.8, 4) is 17.2 Å². The zero-order valence-corrected chi connectivity index (χ0v) is 15.1. The van der Waals surface area contributed by atoms with Gasteiger partial charge in [0, 0.05) is 17.7 Å². The van der Waals surface area contributed by atoms with Crippen LogP contribution in [0.25, 0.3) is 0 Å². The minimum atomic E-state index is -0.558. The number of esters is 1. The molecule has 0 fully saturated rings. The van der Waals surface area contributed by atoms with Gasteiger partial charge in [-0.3, -0.25) is 4.79 Å². The molecule has 0 amide bonds. The van der Waals surface area contributed by atoms with E-state index in [-0.39, 0.29) is 11.5 Å². The average molecular weight is 356 g/mol. The Morgan fingerprint density at radius 1 is 0.769 bits per heavy atom. The Morgan fingerprint density at radius 3 is 1.81 bits per heavy atom. The molecule has 6 heteroatoms. The van der Waals surface area contributed by atoms with E-state index in [1.54, 1.807) is 49.6 Å². The fourth-order valence-electron chi connectivity index (χ4n) is 2.18. The molecule has 0 bridgehead atoms. The van der Waals surface area contributed by atoms with E-state index in [1.807, 2.05) is 0 Å². The van der Waals surface area contributed by atoms with E-state index in [0.717, 1.165) is 0 Å². The highest BCUT2D eigenvalue weighted by atomic mass is 16.5. The Balaban J connectivity index is 2.12. The first-order valence-electron chi connectivity index (χ1n) is 7.78. The van der Waals surface area contributed by atoms with Crippen LogP contribution >= 0.6 is 0 Å². The summed E-state index contributed by atoms with van der Waals surface area (Å²) in [6.45, 7) is 1.54. The van der Waals surface area contributed by atoms with Gasteiger partial charge < -0.3 is 18.9 Å². The minimum Gasteiger partial charge on any atom is -0.497 e. The molecule has 0 heterocycles. The van der Waals surface area contributed by atoms with Crippen LogP contribution in [0, 0.1) is 0 Å². The number of hydrogen-bond donors (Lipinski definition) is 0. The molecule has 2 aromatic carbocycles. The molecule has 2 rings (SSSR count). The number of methoxy groups -OCH3 is 3. The largest absolute Gasteiger partial charge is 0.497 e. The lowest BCUT2D eigenvalue weighted by molar-refractivity contribution is 0.0625. The predicted octanol–water partition coefficient (Wildman–Crippen LogP) is 3.66. The molecule has 0 aliphatic heterocycles. The molecule has 0 aliphatic carbocycles. The van der Waals surface area contributed by atoms with Crippen LogP contribution in [0.5, 0.6) is 17.2 Å². The van der Waals surface area contributed by atoms with Crippen molar-refractivity contribution < 1.29 is 28.5 Å². The molecule has 0 saturated carbocycles. The minimum absolute atomic E-state index is 0.178. The number of ether oxygens (including phenoxy) is 4. The monoisotopic (exact) mass is 356 g/mol. The molecular weight excluding hydrogens is 336 g/mol. The number of allylic oxidation sites excluding steroid dienone is 2. The predicted molar refractivity (Wildman–Crippen MR) is 96.0 cm³/mol. The van der Waals surface area contributed by atoms with Crippen LogP contribution in [0.15, 0.2) is 54.3 Å². The van der Waals surface area contributed by atoms with Gasteiger partial charge in [-0.1, -0.05) is 0 Å². The second-order valence-corrected chi connectivity index (χ2v) is 5.34. The summed E-state index contributed by atoms with van der Waals surface area (Å²) in [7, 11) is 4.54. The SMILES string of the molecule is COc1ccc(C(=O)OC(C)=CC(=O)c2cc(OC)cc(OC)c2)cc1. The molecule has 0 atom stereocenters. The molecule has 0 spiro atoms. The van der Waals surface area contributed by atoms with Crippen LogP contribution in [-0.2, 0) is 4.74 Å². The lowest BCUT2D eigenvalue weighted by Crippen LogP contribution is -2.05. The lowest BCUT2D eigenvalue weighted by Gasteiger charge is -2.08. The molecule has 0 radical (unpaired) electrons. The molecule has 2 aromatic rings. The molecule has 0 aliphatic rings. The standard InChI is InChI=1S/C20H20O6/c1-13(26-20(22)14-5-7-16(23-2)8-6-14)9-19(21)15-10-17(24-3)12-18(11-15)25-4/h5-12H,1-4H3. The van der Waals surface area contributed by atoms with E-state index < -0.39 is 5.97 Å². The highest BCUT2D eigenvalue weighted by Crippen LogP contribution is 2.23. The Bertz CT molecular complexity index is 798. The Labute approximate surface area is 151 Å². The van der Waals surface area contributed by atoms with Gasteiger partial charge in [-0.2, -0.15) is 0 Å². The van der Waals surface area contributed by atoms with Gasteiger partial charge in [-0.15, -0.1) is 0 Å². The van der Waals surface area contributed by atoms with Gasteiger partial charge in [0.15, 0.2) is 5.78 Å². The summed E-state index contributed by atoms with van der Waals surface area (Å²) in [4.78, 5) is 24.5. The Morgan fingerprint density at radius 2 is 1.31 bits per heavy atom. The number of carbonyl (C=O) groups is 2. The third-order valence-electron chi connectivity index (χ3n) is 3.55. The van der Waals surface area contributed by atoms with Crippen LogP contribution in [0.2, 0.25) is 0 Å². The van der Waals surface area contributed by atoms with Crippen molar-refractivity contribution in [3.05, 3.63) is 65.4 Å². The van der Waals surface area contributed by atoms with E-state index in [9.17, 15) is 9.59 Å². The Kier molecular flexibility index (Phi) is 6.38. The first-order valence-corrected chi connectivity index (χ1v) is 7.78. The van der Waals surface area contributed by atoms with E-state index in [0.29, 0.717) is 28.4 Å². The molecule has 0 aromatic heterocycles. The van der Waals surface area contributed by atoms with Crippen LogP contribution in [0.3, 0.4) is 0 Å². The maximum atomic E-state index is 12.4. The highest BCUT2D eigenvalue weighted by molar-refractivity contribution is 6.05. The first-order chi connectivity index (χ1) is 12.5. The summed E-state index contributed by atoms with van der Waals surface area (Å²) in [5, 5.41) is 0. The lowest BCUT2D eigenvalue weighted by atomic mass is 10.1. The van der Waals surface area contributed by atoms with Crippen molar-refractivity contribution in [2.24, 2.45) is 0 Å². The third-order valence-corrected chi connectivity index (χ3v) is 3.55. The van der Waals surface area contributed by atoms with Crippen LogP contribution < -0.4 is 14.2 Å². The smallest absolute Gasteiger partial charge is 0.343 e. The van der Waals surface area contributed by atoms with Gasteiger partial charge >= 0.3 is 5.97 Å². The van der Waals surface area contributed by atoms with E-state index in [1.165, 1.54) is 27.2 Å². The fourth-order valence-corrected chi connectivity index (χ4v) is 2.18. The number of ketones is 1. The van der Waals surface area contributed by atoms with Gasteiger partial charge in [0.25, 0.3) is 0 Å². The quantitative estimate of drug-likeness (QED) is 0.326. The summed E-state index contributed by atoms with van der Waals surface area (Å²) in [5.41, 5.74) is 0.718. The number of hydrogen-bond acceptors (Lipinski definition) is 6. The number of rotatable bonds is 7. The van der Waals surface area contributed by atoms with Gasteiger partial charge in [-0.25, -0.2) is 4.79 Å². The van der Waals surface area contributed by atoms with Crippen molar-refractivity contribution in [2.75, 3.05) is 21.3 Å². The van der Waals surface area contributed by atoms with Crippen LogP contribution in [0.1, 0.15) is 27.6 Å². The number of benzene rings is 2. The zero-order valence-electron chi connectivity index (χ0n) is 15.1. The summed E-state index contributed by atoms with van der Waals surface area (Å²) in [6, 6.07) is 11.3. The van der Waals surface area contributed by atoms with Crippen molar-refractivity contribution in [1.29, 1.82) is 0 Å². The fraction of sp³-hybridized carbons (Fsp3) is 0.200. The second-order valence-electron chi connectivity index (χ2n) is 5.34. The van der Waals surface area contributed by atoms with E-state index >= 15 is 0 Å². The van der Waals surface area contributed by atoms with E-state index in [2.05, 4.69) is 0 Å². The van der Waals surface area contributed by atoms with E-state index in [4.69, 9.17) is 18.9 Å². The van der Waals surface area contributed by atoms with Gasteiger partial charge in [-0.05, 0) is 43.3 Å².